The highest BCUT2D eigenvalue weighted by Crippen LogP contribution is 2.41. The molecule has 2 aliphatic heterocycles. The van der Waals surface area contributed by atoms with Crippen molar-refractivity contribution in [1.29, 1.82) is 0 Å². The Morgan fingerprint density at radius 3 is 2.53 bits per heavy atom. The summed E-state index contributed by atoms with van der Waals surface area (Å²) in [4.78, 5) is 7.28. The number of alkyl halides is 2. The third kappa shape index (κ3) is 5.11. The predicted molar refractivity (Wildman–Crippen MR) is 133 cm³/mol. The molecule has 5 rings (SSSR count). The number of para-hydroxylation sites is 1. The first-order valence-corrected chi connectivity index (χ1v) is 12.7. The van der Waals surface area contributed by atoms with Gasteiger partial charge in [-0.2, -0.15) is 0 Å². The van der Waals surface area contributed by atoms with Gasteiger partial charge in [0.15, 0.2) is 0 Å². The number of likely N-dealkylation sites (tertiary alicyclic amines) is 1. The summed E-state index contributed by atoms with van der Waals surface area (Å²) < 4.78 is 64.4. The fourth-order valence-corrected chi connectivity index (χ4v) is 5.63. The number of ether oxygens (including phenoxy) is 1. The van der Waals surface area contributed by atoms with Crippen LogP contribution in [-0.4, -0.2) is 66.5 Å². The molecular formula is C28H33F4N3O. The molecule has 2 aromatic carbocycles. The highest BCUT2D eigenvalue weighted by molar-refractivity contribution is 5.85. The number of hydrogen-bond acceptors (Lipinski definition) is 3. The number of halogens is 4. The second-order valence-electron chi connectivity index (χ2n) is 10.7. The van der Waals surface area contributed by atoms with Crippen LogP contribution in [0.25, 0.3) is 10.9 Å². The molecular weight excluding hydrogens is 470 g/mol. The summed E-state index contributed by atoms with van der Waals surface area (Å²) in [6.45, 7) is 5.38. The number of aromatic amines is 1. The quantitative estimate of drug-likeness (QED) is 0.394. The first-order chi connectivity index (χ1) is 17.2. The molecule has 4 nitrogen and oxygen atoms in total. The van der Waals surface area contributed by atoms with E-state index in [-0.39, 0.29) is 37.1 Å². The molecule has 0 saturated carbocycles. The molecule has 0 aliphatic carbocycles. The minimum Gasteiger partial charge on any atom is -0.492 e. The van der Waals surface area contributed by atoms with Gasteiger partial charge in [-0.3, -0.25) is 14.2 Å². The van der Waals surface area contributed by atoms with E-state index in [1.54, 1.807) is 0 Å². The average molecular weight is 504 g/mol. The Hall–Kier alpha value is -2.58. The van der Waals surface area contributed by atoms with Crippen LogP contribution in [0.4, 0.5) is 17.6 Å². The van der Waals surface area contributed by atoms with Crippen LogP contribution in [0.5, 0.6) is 5.75 Å². The number of hydrogen-bond donors (Lipinski definition) is 1. The molecule has 1 N–H and O–H groups in total. The van der Waals surface area contributed by atoms with Crippen molar-refractivity contribution in [1.82, 2.24) is 14.8 Å². The molecule has 0 bridgehead atoms. The number of nitrogens with zero attached hydrogens (tertiary/aromatic N) is 2. The van der Waals surface area contributed by atoms with Crippen LogP contribution >= 0.6 is 0 Å². The number of aryl methyl sites for hydroxylation is 1. The van der Waals surface area contributed by atoms with E-state index in [1.807, 2.05) is 34.1 Å². The summed E-state index contributed by atoms with van der Waals surface area (Å²) in [7, 11) is 0. The van der Waals surface area contributed by atoms with Crippen molar-refractivity contribution >= 4 is 10.9 Å². The zero-order chi connectivity index (χ0) is 25.4. The lowest BCUT2D eigenvalue weighted by molar-refractivity contribution is 0.0667. The number of aromatic nitrogens is 1. The van der Waals surface area contributed by atoms with Crippen LogP contribution in [0.2, 0.25) is 0 Å². The Morgan fingerprint density at radius 2 is 1.83 bits per heavy atom. The zero-order valence-corrected chi connectivity index (χ0v) is 20.8. The van der Waals surface area contributed by atoms with Gasteiger partial charge in [0.2, 0.25) is 0 Å². The average Bonchev–Trinajstić information content (AvgIpc) is 3.06. The van der Waals surface area contributed by atoms with E-state index in [0.717, 1.165) is 29.3 Å². The standard InChI is InChI=1S/C28H33F4N3O/c1-28(2,32)17-35-9-5-7-21-20-6-3-4-8-24(20)33-26(21)27(35)25-22(30)12-19(13-23(25)31)36-11-10-34-15-18(14-29)16-34/h3-4,6,8,12-13,18,27,33H,5,7,9-11,14-17H2,1-2H3. The van der Waals surface area contributed by atoms with Gasteiger partial charge in [-0.15, -0.1) is 0 Å². The maximum absolute atomic E-state index is 15.6. The summed E-state index contributed by atoms with van der Waals surface area (Å²) >= 11 is 0. The maximum atomic E-state index is 15.6. The van der Waals surface area contributed by atoms with E-state index in [1.165, 1.54) is 26.0 Å². The molecule has 8 heteroatoms. The van der Waals surface area contributed by atoms with Crippen molar-refractivity contribution in [3.63, 3.8) is 0 Å². The predicted octanol–water partition coefficient (Wildman–Crippen LogP) is 5.81. The molecule has 36 heavy (non-hydrogen) atoms. The van der Waals surface area contributed by atoms with E-state index in [0.29, 0.717) is 31.9 Å². The molecule has 1 saturated heterocycles. The molecule has 3 heterocycles. The maximum Gasteiger partial charge on any atom is 0.135 e. The molecule has 1 unspecified atom stereocenters. The second-order valence-corrected chi connectivity index (χ2v) is 10.7. The minimum absolute atomic E-state index is 0.0410. The molecule has 0 radical (unpaired) electrons. The van der Waals surface area contributed by atoms with Crippen molar-refractivity contribution in [3.05, 3.63) is 64.9 Å². The Morgan fingerprint density at radius 1 is 1.11 bits per heavy atom. The molecule has 1 fully saturated rings. The highest BCUT2D eigenvalue weighted by atomic mass is 19.1. The Bertz CT molecular complexity index is 1190. The number of rotatable bonds is 8. The lowest BCUT2D eigenvalue weighted by atomic mass is 9.96. The third-order valence-electron chi connectivity index (χ3n) is 7.19. The van der Waals surface area contributed by atoms with Crippen molar-refractivity contribution in [2.45, 2.75) is 38.4 Å². The molecule has 3 aromatic rings. The minimum atomic E-state index is -1.54. The van der Waals surface area contributed by atoms with Crippen molar-refractivity contribution < 1.29 is 22.3 Å². The first-order valence-electron chi connectivity index (χ1n) is 12.7. The SMILES string of the molecule is CC(C)(F)CN1CCCc2c([nH]c3ccccc23)C1c1c(F)cc(OCCN2CC(CF)C2)cc1F. The Kier molecular flexibility index (Phi) is 7.01. The van der Waals surface area contributed by atoms with Crippen LogP contribution in [-0.2, 0) is 6.42 Å². The molecule has 194 valence electrons. The number of benzene rings is 2. The monoisotopic (exact) mass is 503 g/mol. The first kappa shape index (κ1) is 25.1. The largest absolute Gasteiger partial charge is 0.492 e. The normalized spacial score (nSPS) is 19.8. The van der Waals surface area contributed by atoms with Crippen LogP contribution in [0, 0.1) is 17.6 Å². The van der Waals surface area contributed by atoms with Gasteiger partial charge in [-0.25, -0.2) is 13.2 Å². The van der Waals surface area contributed by atoms with Crippen LogP contribution in [0.1, 0.15) is 43.1 Å². The fourth-order valence-electron chi connectivity index (χ4n) is 5.63. The van der Waals surface area contributed by atoms with Gasteiger partial charge >= 0.3 is 0 Å². The summed E-state index contributed by atoms with van der Waals surface area (Å²) in [5.74, 6) is -1.25. The van der Waals surface area contributed by atoms with Gasteiger partial charge in [0, 0.05) is 66.4 Å². The van der Waals surface area contributed by atoms with Crippen LogP contribution in [0.15, 0.2) is 36.4 Å². The summed E-state index contributed by atoms with van der Waals surface area (Å²) in [6, 6.07) is 9.45. The van der Waals surface area contributed by atoms with Gasteiger partial charge in [0.25, 0.3) is 0 Å². The Labute approximate surface area is 209 Å². The van der Waals surface area contributed by atoms with E-state index in [9.17, 15) is 8.78 Å². The van der Waals surface area contributed by atoms with Crippen molar-refractivity contribution in [2.24, 2.45) is 5.92 Å². The van der Waals surface area contributed by atoms with Crippen molar-refractivity contribution in [2.75, 3.05) is 46.0 Å². The fraction of sp³-hybridized carbons (Fsp3) is 0.500. The summed E-state index contributed by atoms with van der Waals surface area (Å²) in [5, 5.41) is 1.03. The molecule has 1 atom stereocenters. The van der Waals surface area contributed by atoms with Gasteiger partial charge in [0.05, 0.1) is 12.7 Å². The Balaban J connectivity index is 1.46. The van der Waals surface area contributed by atoms with E-state index >= 15 is 8.78 Å². The van der Waals surface area contributed by atoms with Gasteiger partial charge in [-0.05, 0) is 44.9 Å². The van der Waals surface area contributed by atoms with Crippen LogP contribution < -0.4 is 4.74 Å². The lowest BCUT2D eigenvalue weighted by Gasteiger charge is -2.37. The molecule has 0 amide bonds. The second kappa shape index (κ2) is 10.1. The van der Waals surface area contributed by atoms with E-state index in [2.05, 4.69) is 4.98 Å². The molecule has 2 aliphatic rings. The molecule has 1 aromatic heterocycles. The number of H-pyrrole nitrogens is 1. The smallest absolute Gasteiger partial charge is 0.135 e. The molecule has 0 spiro atoms. The topological polar surface area (TPSA) is 31.5 Å². The van der Waals surface area contributed by atoms with Gasteiger partial charge in [0.1, 0.15) is 29.7 Å². The van der Waals surface area contributed by atoms with E-state index in [4.69, 9.17) is 4.74 Å². The van der Waals surface area contributed by atoms with Gasteiger partial charge in [-0.1, -0.05) is 18.2 Å². The number of nitrogens with one attached hydrogen (secondary N) is 1. The summed E-state index contributed by atoms with van der Waals surface area (Å²) in [5.41, 5.74) is 0.994. The summed E-state index contributed by atoms with van der Waals surface area (Å²) in [6.07, 6.45) is 1.49. The zero-order valence-electron chi connectivity index (χ0n) is 20.8. The van der Waals surface area contributed by atoms with E-state index < -0.39 is 23.3 Å². The van der Waals surface area contributed by atoms with Gasteiger partial charge < -0.3 is 9.72 Å². The van der Waals surface area contributed by atoms with Crippen molar-refractivity contribution in [3.8, 4) is 5.75 Å². The van der Waals surface area contributed by atoms with Crippen LogP contribution in [0.3, 0.4) is 0 Å². The third-order valence-corrected chi connectivity index (χ3v) is 7.19. The lowest BCUT2D eigenvalue weighted by Crippen LogP contribution is -2.49. The highest BCUT2D eigenvalue weighted by Gasteiger charge is 2.36. The number of fused-ring (bicyclic) bond motifs is 3.